The highest BCUT2D eigenvalue weighted by Crippen LogP contribution is 2.41. The molecule has 3 aromatic rings. The van der Waals surface area contributed by atoms with Crippen LogP contribution in [0.4, 0.5) is 5.69 Å². The first-order chi connectivity index (χ1) is 15.6. The first kappa shape index (κ1) is 19.8. The molecule has 0 aliphatic carbocycles. The molecule has 0 amide bonds. The average molecular weight is 423 g/mol. The second kappa shape index (κ2) is 8.15. The van der Waals surface area contributed by atoms with Gasteiger partial charge in [-0.1, -0.05) is 72.8 Å². The van der Waals surface area contributed by atoms with Gasteiger partial charge in [0.25, 0.3) is 5.69 Å². The third kappa shape index (κ3) is 3.46. The Morgan fingerprint density at radius 1 is 0.938 bits per heavy atom. The topological polar surface area (TPSA) is 75.5 Å². The van der Waals surface area contributed by atoms with Crippen molar-refractivity contribution in [2.75, 3.05) is 13.1 Å². The van der Waals surface area contributed by atoms with Crippen molar-refractivity contribution >= 4 is 17.2 Å². The molecule has 158 valence electrons. The number of rotatable bonds is 5. The highest BCUT2D eigenvalue weighted by atomic mass is 16.6. The smallest absolute Gasteiger partial charge is 0.269 e. The first-order valence-corrected chi connectivity index (χ1v) is 10.5. The van der Waals surface area contributed by atoms with Gasteiger partial charge in [0.2, 0.25) is 0 Å². The molecule has 6 nitrogen and oxygen atoms in total. The Morgan fingerprint density at radius 3 is 2.25 bits per heavy atom. The van der Waals surface area contributed by atoms with Gasteiger partial charge >= 0.3 is 0 Å². The molecular formula is C26H21N3O3. The van der Waals surface area contributed by atoms with Crippen LogP contribution in [0.15, 0.2) is 102 Å². The zero-order valence-corrected chi connectivity index (χ0v) is 17.3. The number of carbonyl (C=O) groups excluding carboxylic acids is 1. The maximum absolute atomic E-state index is 13.7. The van der Waals surface area contributed by atoms with E-state index >= 15 is 0 Å². The van der Waals surface area contributed by atoms with Crippen LogP contribution in [0, 0.1) is 10.1 Å². The fourth-order valence-corrected chi connectivity index (χ4v) is 4.37. The maximum Gasteiger partial charge on any atom is 0.269 e. The number of fused-ring (bicyclic) bond motifs is 1. The molecule has 0 radical (unpaired) electrons. The van der Waals surface area contributed by atoms with Crippen LogP contribution in [0.1, 0.15) is 27.4 Å². The van der Waals surface area contributed by atoms with Gasteiger partial charge in [0.05, 0.1) is 10.5 Å². The van der Waals surface area contributed by atoms with E-state index in [2.05, 4.69) is 28.4 Å². The maximum atomic E-state index is 13.7. The fraction of sp³-hybridized carbons (Fsp3) is 0.115. The van der Waals surface area contributed by atoms with Crippen LogP contribution in [0.25, 0.3) is 5.70 Å². The van der Waals surface area contributed by atoms with Crippen molar-refractivity contribution in [3.63, 3.8) is 0 Å². The van der Waals surface area contributed by atoms with Crippen LogP contribution >= 0.6 is 0 Å². The summed E-state index contributed by atoms with van der Waals surface area (Å²) in [5.41, 5.74) is 4.23. The van der Waals surface area contributed by atoms with Crippen molar-refractivity contribution in [1.29, 1.82) is 0 Å². The third-order valence-electron chi connectivity index (χ3n) is 5.89. The van der Waals surface area contributed by atoms with E-state index in [4.69, 9.17) is 0 Å². The monoisotopic (exact) mass is 423 g/mol. The Labute approximate surface area is 185 Å². The summed E-state index contributed by atoms with van der Waals surface area (Å²) in [6.07, 6.45) is 2.10. The predicted octanol–water partition coefficient (Wildman–Crippen LogP) is 4.73. The van der Waals surface area contributed by atoms with Gasteiger partial charge in [0.15, 0.2) is 5.78 Å². The largest absolute Gasteiger partial charge is 0.369 e. The second-order valence-electron chi connectivity index (χ2n) is 7.78. The molecule has 1 saturated heterocycles. The Bertz CT molecular complexity index is 1230. The van der Waals surface area contributed by atoms with Crippen LogP contribution in [0.5, 0.6) is 0 Å². The molecule has 2 aliphatic rings. The first-order valence-electron chi connectivity index (χ1n) is 10.5. The fourth-order valence-electron chi connectivity index (χ4n) is 4.37. The van der Waals surface area contributed by atoms with Gasteiger partial charge in [-0.05, 0) is 17.2 Å². The number of nitro groups is 1. The molecule has 3 aromatic carbocycles. The molecule has 0 aromatic heterocycles. The van der Waals surface area contributed by atoms with Gasteiger partial charge in [-0.3, -0.25) is 14.9 Å². The lowest BCUT2D eigenvalue weighted by Gasteiger charge is -2.33. The molecule has 1 atom stereocenters. The van der Waals surface area contributed by atoms with E-state index < -0.39 is 4.92 Å². The molecular weight excluding hydrogens is 402 g/mol. The minimum absolute atomic E-state index is 0.0287. The van der Waals surface area contributed by atoms with Crippen LogP contribution in [-0.2, 0) is 0 Å². The molecule has 1 N–H and O–H groups in total. The number of benzene rings is 3. The van der Waals surface area contributed by atoms with E-state index in [1.807, 2.05) is 48.5 Å². The SMILES string of the molecule is O=C(C1=C2NCCN2C(c2ccccc2)=CC1c1ccc([N+](=O)[O-])cc1)c1ccccc1. The molecule has 1 unspecified atom stereocenters. The number of nitrogens with zero attached hydrogens (tertiary/aromatic N) is 2. The summed E-state index contributed by atoms with van der Waals surface area (Å²) in [4.78, 5) is 26.6. The molecule has 6 heteroatoms. The predicted molar refractivity (Wildman–Crippen MR) is 123 cm³/mol. The van der Waals surface area contributed by atoms with Crippen molar-refractivity contribution in [2.45, 2.75) is 5.92 Å². The number of nitro benzene ring substituents is 1. The van der Waals surface area contributed by atoms with Crippen molar-refractivity contribution in [2.24, 2.45) is 0 Å². The summed E-state index contributed by atoms with van der Waals surface area (Å²) in [5, 5.41) is 14.6. The second-order valence-corrected chi connectivity index (χ2v) is 7.78. The summed E-state index contributed by atoms with van der Waals surface area (Å²) in [5.74, 6) is 0.422. The number of hydrogen-bond donors (Lipinski definition) is 1. The van der Waals surface area contributed by atoms with Gasteiger partial charge in [0, 0.05) is 42.4 Å². The van der Waals surface area contributed by atoms with E-state index in [-0.39, 0.29) is 17.4 Å². The quantitative estimate of drug-likeness (QED) is 0.365. The lowest BCUT2D eigenvalue weighted by atomic mass is 9.82. The number of ketones is 1. The Balaban J connectivity index is 1.67. The number of hydrogen-bond acceptors (Lipinski definition) is 5. The van der Waals surface area contributed by atoms with Crippen LogP contribution in [-0.4, -0.2) is 28.7 Å². The van der Waals surface area contributed by atoms with E-state index in [9.17, 15) is 14.9 Å². The van der Waals surface area contributed by atoms with E-state index in [0.29, 0.717) is 11.1 Å². The summed E-state index contributed by atoms with van der Waals surface area (Å²) >= 11 is 0. The molecule has 32 heavy (non-hydrogen) atoms. The molecule has 2 aliphatic heterocycles. The highest BCUT2D eigenvalue weighted by Gasteiger charge is 2.36. The van der Waals surface area contributed by atoms with Crippen molar-refractivity contribution < 1.29 is 9.72 Å². The van der Waals surface area contributed by atoms with Gasteiger partial charge in [0.1, 0.15) is 5.82 Å². The van der Waals surface area contributed by atoms with Crippen LogP contribution in [0.2, 0.25) is 0 Å². The molecule has 0 bridgehead atoms. The molecule has 0 spiro atoms. The molecule has 2 heterocycles. The standard InChI is InChI=1S/C26H21N3O3/c30-25(20-9-5-2-6-10-20)24-22(18-11-13-21(14-12-18)29(31)32)17-23(19-7-3-1-4-8-19)28-16-15-27-26(24)28/h1-14,17,22,27H,15-16H2. The minimum atomic E-state index is -0.412. The summed E-state index contributed by atoms with van der Waals surface area (Å²) in [6, 6.07) is 25.8. The molecule has 1 fully saturated rings. The summed E-state index contributed by atoms with van der Waals surface area (Å²) in [7, 11) is 0. The lowest BCUT2D eigenvalue weighted by molar-refractivity contribution is -0.384. The Hall–Kier alpha value is -4.19. The number of allylic oxidation sites excluding steroid dienone is 2. The lowest BCUT2D eigenvalue weighted by Crippen LogP contribution is -2.30. The molecule has 0 saturated carbocycles. The van der Waals surface area contributed by atoms with E-state index in [1.54, 1.807) is 12.1 Å². The highest BCUT2D eigenvalue weighted by molar-refractivity contribution is 6.11. The number of non-ortho nitro benzene ring substituents is 1. The minimum Gasteiger partial charge on any atom is -0.369 e. The number of nitrogens with one attached hydrogen (secondary N) is 1. The normalized spacial score (nSPS) is 17.4. The zero-order chi connectivity index (χ0) is 22.1. The average Bonchev–Trinajstić information content (AvgIpc) is 3.33. The van der Waals surface area contributed by atoms with Crippen molar-refractivity contribution in [1.82, 2.24) is 10.2 Å². The zero-order valence-electron chi connectivity index (χ0n) is 17.3. The van der Waals surface area contributed by atoms with Gasteiger partial charge < -0.3 is 10.2 Å². The van der Waals surface area contributed by atoms with Gasteiger partial charge in [-0.15, -0.1) is 0 Å². The van der Waals surface area contributed by atoms with Gasteiger partial charge in [-0.2, -0.15) is 0 Å². The molecule has 5 rings (SSSR count). The summed E-state index contributed by atoms with van der Waals surface area (Å²) < 4.78 is 0. The third-order valence-corrected chi connectivity index (χ3v) is 5.89. The number of Topliss-reactive ketones (excluding diaryl/α,β-unsaturated/α-hetero) is 1. The van der Waals surface area contributed by atoms with Crippen molar-refractivity contribution in [3.8, 4) is 0 Å². The number of carbonyl (C=O) groups is 1. The van der Waals surface area contributed by atoms with Crippen LogP contribution < -0.4 is 5.32 Å². The van der Waals surface area contributed by atoms with E-state index in [0.717, 1.165) is 35.7 Å². The van der Waals surface area contributed by atoms with E-state index in [1.165, 1.54) is 12.1 Å². The van der Waals surface area contributed by atoms with Crippen LogP contribution in [0.3, 0.4) is 0 Å². The summed E-state index contributed by atoms with van der Waals surface area (Å²) in [6.45, 7) is 1.49. The van der Waals surface area contributed by atoms with Crippen molar-refractivity contribution in [3.05, 3.63) is 129 Å². The Morgan fingerprint density at radius 2 is 1.59 bits per heavy atom. The van der Waals surface area contributed by atoms with Gasteiger partial charge in [-0.25, -0.2) is 0 Å². The Kier molecular flexibility index (Phi) is 5.03.